The normalized spacial score (nSPS) is 10.8. The fourth-order valence-electron chi connectivity index (χ4n) is 3.26. The first kappa shape index (κ1) is 25.0. The van der Waals surface area contributed by atoms with Crippen LogP contribution in [-0.4, -0.2) is 35.8 Å². The molecule has 0 heterocycles. The zero-order valence-corrected chi connectivity index (χ0v) is 17.2. The van der Waals surface area contributed by atoms with Crippen molar-refractivity contribution in [1.82, 2.24) is 0 Å². The van der Waals surface area contributed by atoms with Crippen LogP contribution in [0.3, 0.4) is 0 Å². The minimum Gasteiger partial charge on any atom is -0.753 e. The van der Waals surface area contributed by atoms with Crippen LogP contribution >= 0.6 is 12.2 Å². The van der Waals surface area contributed by atoms with Crippen LogP contribution in [0.5, 0.6) is 0 Å². The molecule has 0 aromatic rings. The Morgan fingerprint density at radius 3 is 1.13 bits per heavy atom. The Bertz CT molecular complexity index is 234. The Labute approximate surface area is 152 Å². The van der Waals surface area contributed by atoms with Crippen molar-refractivity contribution >= 4 is 17.4 Å². The Morgan fingerprint density at radius 2 is 0.870 bits per heavy atom. The molecule has 0 aliphatic rings. The summed E-state index contributed by atoms with van der Waals surface area (Å²) in [6.07, 6.45) is 15.5. The number of hydrogen-bond acceptors (Lipinski definition) is 1. The van der Waals surface area contributed by atoms with E-state index in [0.29, 0.717) is 0 Å². The second-order valence-electron chi connectivity index (χ2n) is 6.80. The third kappa shape index (κ3) is 16.4. The second-order valence-corrected chi connectivity index (χ2v) is 6.98. The molecule has 23 heavy (non-hydrogen) atoms. The molecular weight excluding hydrogens is 300 g/mol. The lowest BCUT2D eigenvalue weighted by Gasteiger charge is -2.39. The fraction of sp³-hybridized carbons (Fsp3) is 0.950. The van der Waals surface area contributed by atoms with Gasteiger partial charge in [0, 0.05) is 0 Å². The van der Waals surface area contributed by atoms with E-state index < -0.39 is 0 Å². The number of rotatable bonds is 15. The van der Waals surface area contributed by atoms with Crippen molar-refractivity contribution in [3.63, 3.8) is 0 Å². The molecule has 0 N–H and O–H groups in total. The monoisotopic (exact) mass is 342 g/mol. The van der Waals surface area contributed by atoms with Gasteiger partial charge in [0.05, 0.1) is 26.2 Å². The Hall–Kier alpha value is -0.240. The van der Waals surface area contributed by atoms with Gasteiger partial charge in [-0.1, -0.05) is 65.6 Å². The summed E-state index contributed by atoms with van der Waals surface area (Å²) in [6.45, 7) is 15.1. The highest BCUT2D eigenvalue weighted by atomic mass is 32.1. The number of quaternary nitrogens is 1. The van der Waals surface area contributed by atoms with Crippen LogP contribution in [0, 0.1) is 0 Å². The number of nitrogens with zero attached hydrogens (tertiary/aromatic N) is 2. The van der Waals surface area contributed by atoms with Crippen molar-refractivity contribution in [3.8, 4) is 0 Å². The second kappa shape index (κ2) is 19.8. The highest BCUT2D eigenvalue weighted by molar-refractivity contribution is 7.78. The van der Waals surface area contributed by atoms with Gasteiger partial charge in [-0.25, -0.2) is 0 Å². The smallest absolute Gasteiger partial charge is 0.0786 e. The third-order valence-electron chi connectivity index (χ3n) is 4.69. The molecule has 0 aromatic heterocycles. The van der Waals surface area contributed by atoms with Crippen LogP contribution in [-0.2, 0) is 0 Å². The van der Waals surface area contributed by atoms with Crippen LogP contribution in [0.4, 0.5) is 0 Å². The molecule has 0 saturated carbocycles. The van der Waals surface area contributed by atoms with Gasteiger partial charge in [-0.3, -0.25) is 0 Å². The highest BCUT2D eigenvalue weighted by Gasteiger charge is 2.25. The average Bonchev–Trinajstić information content (AvgIpc) is 2.54. The van der Waals surface area contributed by atoms with Gasteiger partial charge in [0.2, 0.25) is 0 Å². The van der Waals surface area contributed by atoms with Gasteiger partial charge in [0.1, 0.15) is 0 Å². The zero-order chi connectivity index (χ0) is 17.8. The first-order valence-electron chi connectivity index (χ1n) is 10.0. The van der Waals surface area contributed by atoms with Gasteiger partial charge in [-0.05, 0) is 44.9 Å². The standard InChI is InChI=1S/C19H42N.CNS/c1-5-9-13-17-20(16-12-8-4,18-14-10-6-2)19-15-11-7-3;2-1-3/h5-19H2,1-4H3;/q+1;-1. The lowest BCUT2D eigenvalue weighted by molar-refractivity contribution is -0.929. The molecule has 0 aliphatic carbocycles. The quantitative estimate of drug-likeness (QED) is 0.138. The minimum atomic E-state index is 1.33. The van der Waals surface area contributed by atoms with Gasteiger partial charge < -0.3 is 9.89 Å². The molecule has 0 rings (SSSR count). The summed E-state index contributed by atoms with van der Waals surface area (Å²) in [7, 11) is 0. The number of hydrogen-bond donors (Lipinski definition) is 0. The van der Waals surface area contributed by atoms with E-state index in [1.807, 2.05) is 0 Å². The predicted molar refractivity (Wildman–Crippen MR) is 109 cm³/mol. The lowest BCUT2D eigenvalue weighted by Crippen LogP contribution is -2.50. The van der Waals surface area contributed by atoms with E-state index in [-0.39, 0.29) is 0 Å². The van der Waals surface area contributed by atoms with Crippen molar-refractivity contribution in [2.75, 3.05) is 26.2 Å². The average molecular weight is 343 g/mol. The summed E-state index contributed by atoms with van der Waals surface area (Å²) in [5.74, 6) is 0. The Kier molecular flexibility index (Phi) is 21.5. The molecule has 0 aliphatic heterocycles. The molecule has 0 bridgehead atoms. The van der Waals surface area contributed by atoms with Gasteiger partial charge in [-0.2, -0.15) is 5.16 Å². The summed E-state index contributed by atoms with van der Waals surface area (Å²) in [5, 5.41) is 8.47. The molecule has 2 nitrogen and oxygen atoms in total. The number of unbranched alkanes of at least 4 members (excludes halogenated alkanes) is 7. The molecule has 0 saturated heterocycles. The molecule has 3 heteroatoms. The van der Waals surface area contributed by atoms with Crippen molar-refractivity contribution in [3.05, 3.63) is 5.41 Å². The van der Waals surface area contributed by atoms with Gasteiger partial charge in [-0.15, -0.1) is 0 Å². The first-order valence-corrected chi connectivity index (χ1v) is 10.4. The predicted octanol–water partition coefficient (Wildman–Crippen LogP) is 6.83. The van der Waals surface area contributed by atoms with Crippen molar-refractivity contribution in [1.29, 1.82) is 0 Å². The zero-order valence-electron chi connectivity index (χ0n) is 16.4. The van der Waals surface area contributed by atoms with Crippen molar-refractivity contribution in [2.24, 2.45) is 0 Å². The van der Waals surface area contributed by atoms with E-state index in [0.717, 1.165) is 0 Å². The maximum Gasteiger partial charge on any atom is 0.0786 e. The SMILES string of the molecule is CCCCC[N+](CCCC)(CCCCC)CCCCC.[N-]=C=S. The summed E-state index contributed by atoms with van der Waals surface area (Å²) in [6, 6.07) is 0. The third-order valence-corrected chi connectivity index (χ3v) is 4.69. The van der Waals surface area contributed by atoms with E-state index in [4.69, 9.17) is 5.41 Å². The maximum atomic E-state index is 7.13. The van der Waals surface area contributed by atoms with Crippen LogP contribution in [0.1, 0.15) is 98.3 Å². The summed E-state index contributed by atoms with van der Waals surface area (Å²) >= 11 is 3.70. The first-order chi connectivity index (χ1) is 11.2. The van der Waals surface area contributed by atoms with Gasteiger partial charge in [0.25, 0.3) is 0 Å². The minimum absolute atomic E-state index is 1.33. The molecule has 0 amide bonds. The summed E-state index contributed by atoms with van der Waals surface area (Å²) in [5.41, 5.74) is 0. The lowest BCUT2D eigenvalue weighted by atomic mass is 10.1. The molecule has 0 aromatic carbocycles. The van der Waals surface area contributed by atoms with E-state index in [1.165, 1.54) is 106 Å². The molecule has 0 fully saturated rings. The number of thiocarbonyl (C=S) groups is 1. The topological polar surface area (TPSA) is 22.3 Å². The van der Waals surface area contributed by atoms with Crippen LogP contribution in [0.2, 0.25) is 0 Å². The van der Waals surface area contributed by atoms with E-state index in [2.05, 4.69) is 39.9 Å². The Balaban J connectivity index is 0. The van der Waals surface area contributed by atoms with E-state index in [1.54, 1.807) is 0 Å². The van der Waals surface area contributed by atoms with Crippen molar-refractivity contribution in [2.45, 2.75) is 98.3 Å². The largest absolute Gasteiger partial charge is 0.753 e. The Morgan fingerprint density at radius 1 is 0.609 bits per heavy atom. The van der Waals surface area contributed by atoms with E-state index in [9.17, 15) is 0 Å². The fourth-order valence-corrected chi connectivity index (χ4v) is 3.26. The maximum absolute atomic E-state index is 7.13. The van der Waals surface area contributed by atoms with Crippen LogP contribution in [0.25, 0.3) is 5.41 Å². The van der Waals surface area contributed by atoms with Gasteiger partial charge in [0.15, 0.2) is 0 Å². The summed E-state index contributed by atoms with van der Waals surface area (Å²) < 4.78 is 1.44. The molecule has 138 valence electrons. The van der Waals surface area contributed by atoms with E-state index >= 15 is 0 Å². The van der Waals surface area contributed by atoms with Crippen LogP contribution < -0.4 is 0 Å². The van der Waals surface area contributed by atoms with Crippen molar-refractivity contribution < 1.29 is 4.48 Å². The molecule has 0 spiro atoms. The molecular formula is C20H42N2S. The van der Waals surface area contributed by atoms with Gasteiger partial charge >= 0.3 is 0 Å². The highest BCUT2D eigenvalue weighted by Crippen LogP contribution is 2.17. The van der Waals surface area contributed by atoms with Crippen LogP contribution in [0.15, 0.2) is 0 Å². The summed E-state index contributed by atoms with van der Waals surface area (Å²) in [4.78, 5) is 0. The molecule has 0 unspecified atom stereocenters. The molecule has 0 atom stereocenters. The molecule has 0 radical (unpaired) electrons. The number of isothiocyanates is 1.